The van der Waals surface area contributed by atoms with Crippen LogP contribution >= 0.6 is 0 Å². The number of para-hydroxylation sites is 2. The standard InChI is InChI=1S/C28H22N2O5/c1-27-28(33,26(32)34-2)13-20(35-27)29-17-9-5-3-7-14(17)23-22-16(11-12-19(22)31)21-15-8-4-6-10-18(15)30(27)25(21)24(23)29/h3-10,20,33H,11-13H2,1-2H3/t20-,27+,28+/m0/s1. The Labute approximate surface area is 199 Å². The molecule has 0 saturated carbocycles. The van der Waals surface area contributed by atoms with E-state index in [-0.39, 0.29) is 12.2 Å². The number of benzene rings is 3. The Morgan fingerprint density at radius 3 is 2.46 bits per heavy atom. The smallest absolute Gasteiger partial charge is 0.343 e. The third kappa shape index (κ3) is 1.93. The zero-order chi connectivity index (χ0) is 23.9. The van der Waals surface area contributed by atoms with E-state index in [0.29, 0.717) is 12.8 Å². The highest BCUT2D eigenvalue weighted by atomic mass is 16.6. The quantitative estimate of drug-likeness (QED) is 0.367. The van der Waals surface area contributed by atoms with E-state index in [1.54, 1.807) is 6.92 Å². The van der Waals surface area contributed by atoms with Crippen LogP contribution in [0.4, 0.5) is 0 Å². The van der Waals surface area contributed by atoms with Crippen molar-refractivity contribution in [1.82, 2.24) is 9.13 Å². The van der Waals surface area contributed by atoms with Gasteiger partial charge in [-0.2, -0.15) is 0 Å². The molecule has 3 aliphatic rings. The molecule has 1 aliphatic carbocycles. The highest BCUT2D eigenvalue weighted by molar-refractivity contribution is 6.31. The fourth-order valence-corrected chi connectivity index (χ4v) is 7.13. The molecule has 174 valence electrons. The van der Waals surface area contributed by atoms with Crippen LogP contribution < -0.4 is 0 Å². The topological polar surface area (TPSA) is 82.7 Å². The van der Waals surface area contributed by atoms with Gasteiger partial charge in [0.15, 0.2) is 11.5 Å². The lowest BCUT2D eigenvalue weighted by Crippen LogP contribution is -2.56. The van der Waals surface area contributed by atoms with E-state index in [1.807, 2.05) is 53.1 Å². The van der Waals surface area contributed by atoms with E-state index in [9.17, 15) is 14.7 Å². The second-order valence-electron chi connectivity index (χ2n) is 10.1. The average molecular weight is 466 g/mol. The lowest BCUT2D eigenvalue weighted by atomic mass is 9.88. The van der Waals surface area contributed by atoms with Crippen molar-refractivity contribution in [1.29, 1.82) is 0 Å². The van der Waals surface area contributed by atoms with Gasteiger partial charge in [0, 0.05) is 39.9 Å². The number of ether oxygens (including phenoxy) is 2. The van der Waals surface area contributed by atoms with Gasteiger partial charge < -0.3 is 23.7 Å². The summed E-state index contributed by atoms with van der Waals surface area (Å²) in [6, 6.07) is 16.0. The Kier molecular flexibility index (Phi) is 3.32. The third-order valence-corrected chi connectivity index (χ3v) is 8.58. The molecule has 2 bridgehead atoms. The summed E-state index contributed by atoms with van der Waals surface area (Å²) < 4.78 is 15.9. The number of nitrogens with zero attached hydrogens (tertiary/aromatic N) is 2. The van der Waals surface area contributed by atoms with Crippen LogP contribution in [0.1, 0.15) is 41.9 Å². The Morgan fingerprint density at radius 2 is 1.71 bits per heavy atom. The highest BCUT2D eigenvalue weighted by Gasteiger charge is 2.65. The van der Waals surface area contributed by atoms with Crippen LogP contribution in [0.25, 0.3) is 43.6 Å². The predicted octanol–water partition coefficient (Wildman–Crippen LogP) is 4.54. The largest absolute Gasteiger partial charge is 0.467 e. The van der Waals surface area contributed by atoms with Crippen LogP contribution in [0.3, 0.4) is 0 Å². The van der Waals surface area contributed by atoms with Crippen molar-refractivity contribution >= 4 is 55.4 Å². The lowest BCUT2D eigenvalue weighted by Gasteiger charge is -2.37. The summed E-state index contributed by atoms with van der Waals surface area (Å²) in [7, 11) is 1.29. The van der Waals surface area contributed by atoms with Gasteiger partial charge in [0.1, 0.15) is 6.23 Å². The van der Waals surface area contributed by atoms with Gasteiger partial charge in [0.05, 0.1) is 29.2 Å². The predicted molar refractivity (Wildman–Crippen MR) is 130 cm³/mol. The highest BCUT2D eigenvalue weighted by Crippen LogP contribution is 2.58. The summed E-state index contributed by atoms with van der Waals surface area (Å²) in [5, 5.41) is 15.9. The molecule has 0 radical (unpaired) electrons. The van der Waals surface area contributed by atoms with Crippen molar-refractivity contribution in [3.05, 3.63) is 59.7 Å². The number of carbonyl (C=O) groups excluding carboxylic acids is 2. The van der Waals surface area contributed by atoms with Crippen LogP contribution in [0.2, 0.25) is 0 Å². The molecule has 3 atom stereocenters. The van der Waals surface area contributed by atoms with Crippen molar-refractivity contribution < 1.29 is 24.2 Å². The monoisotopic (exact) mass is 466 g/mol. The van der Waals surface area contributed by atoms with E-state index in [2.05, 4.69) is 4.57 Å². The molecular formula is C28H22N2O5. The second kappa shape index (κ2) is 5.93. The number of aryl methyl sites for hydroxylation is 1. The molecule has 3 aromatic carbocycles. The van der Waals surface area contributed by atoms with Gasteiger partial charge in [0.2, 0.25) is 5.60 Å². The molecule has 8 rings (SSSR count). The number of Topliss-reactive ketones (excluding diaryl/α,β-unsaturated/α-hetero) is 1. The number of ketones is 1. The average Bonchev–Trinajstić information content (AvgIpc) is 3.55. The van der Waals surface area contributed by atoms with Gasteiger partial charge >= 0.3 is 5.97 Å². The minimum Gasteiger partial charge on any atom is -0.467 e. The maximum absolute atomic E-state index is 13.3. The summed E-state index contributed by atoms with van der Waals surface area (Å²) in [6.07, 6.45) is 0.549. The van der Waals surface area contributed by atoms with Gasteiger partial charge in [-0.25, -0.2) is 4.79 Å². The molecule has 1 saturated heterocycles. The molecule has 0 spiro atoms. The van der Waals surface area contributed by atoms with Crippen molar-refractivity contribution in [3.8, 4) is 0 Å². The Bertz CT molecular complexity index is 1830. The number of methoxy groups -OCH3 is 1. The van der Waals surface area contributed by atoms with Crippen LogP contribution in [0.15, 0.2) is 48.5 Å². The minimum absolute atomic E-state index is 0.0302. The first-order valence-electron chi connectivity index (χ1n) is 11.9. The number of carbonyl (C=O) groups is 2. The maximum Gasteiger partial charge on any atom is 0.343 e. The van der Waals surface area contributed by atoms with Crippen LogP contribution in [0, 0.1) is 0 Å². The molecule has 5 aromatic rings. The summed E-state index contributed by atoms with van der Waals surface area (Å²) in [5.74, 6) is -0.560. The van der Waals surface area contributed by atoms with Crippen LogP contribution in [-0.2, 0) is 26.4 Å². The fraction of sp³-hybridized carbons (Fsp3) is 0.286. The SMILES string of the molecule is COC(=O)[C@]1(O)C[C@@H]2O[C@@]1(C)n1c3ccccc3c3c4c(c5c6ccccc6n2c5c31)C(=O)CC4. The van der Waals surface area contributed by atoms with Crippen molar-refractivity contribution in [3.63, 3.8) is 0 Å². The van der Waals surface area contributed by atoms with Crippen LogP contribution in [0.5, 0.6) is 0 Å². The summed E-state index contributed by atoms with van der Waals surface area (Å²) in [5.41, 5.74) is 2.08. The lowest BCUT2D eigenvalue weighted by molar-refractivity contribution is -0.202. The third-order valence-electron chi connectivity index (χ3n) is 8.58. The zero-order valence-electron chi connectivity index (χ0n) is 19.3. The van der Waals surface area contributed by atoms with E-state index in [0.717, 1.165) is 54.7 Å². The van der Waals surface area contributed by atoms with Crippen LogP contribution in [-0.4, -0.2) is 38.7 Å². The molecule has 35 heavy (non-hydrogen) atoms. The second-order valence-corrected chi connectivity index (χ2v) is 10.1. The Morgan fingerprint density at radius 1 is 1.03 bits per heavy atom. The zero-order valence-corrected chi connectivity index (χ0v) is 19.3. The number of aromatic nitrogens is 2. The molecule has 4 heterocycles. The van der Waals surface area contributed by atoms with Gasteiger partial charge in [-0.05, 0) is 31.0 Å². The van der Waals surface area contributed by atoms with E-state index >= 15 is 0 Å². The number of hydrogen-bond acceptors (Lipinski definition) is 5. The number of esters is 1. The normalized spacial score (nSPS) is 26.9. The first-order chi connectivity index (χ1) is 16.9. The molecule has 7 nitrogen and oxygen atoms in total. The van der Waals surface area contributed by atoms with Gasteiger partial charge in [-0.1, -0.05) is 36.4 Å². The molecular weight excluding hydrogens is 444 g/mol. The van der Waals surface area contributed by atoms with Crippen molar-refractivity contribution in [2.45, 2.75) is 43.7 Å². The number of rotatable bonds is 1. The number of fused-ring (bicyclic) bond motifs is 13. The maximum atomic E-state index is 13.3. The minimum atomic E-state index is -1.91. The van der Waals surface area contributed by atoms with E-state index in [4.69, 9.17) is 9.47 Å². The van der Waals surface area contributed by atoms with E-state index in [1.165, 1.54) is 7.11 Å². The Hall–Kier alpha value is -3.68. The summed E-state index contributed by atoms with van der Waals surface area (Å²) >= 11 is 0. The van der Waals surface area contributed by atoms with Gasteiger partial charge in [-0.3, -0.25) is 4.79 Å². The summed E-state index contributed by atoms with van der Waals surface area (Å²) in [6.45, 7) is 1.77. The molecule has 2 aliphatic heterocycles. The first-order valence-corrected chi connectivity index (χ1v) is 11.9. The molecule has 1 N–H and O–H groups in total. The fourth-order valence-electron chi connectivity index (χ4n) is 7.13. The summed E-state index contributed by atoms with van der Waals surface area (Å²) in [4.78, 5) is 26.5. The van der Waals surface area contributed by atoms with Crippen molar-refractivity contribution in [2.24, 2.45) is 0 Å². The molecule has 1 fully saturated rings. The Balaban J connectivity index is 1.73. The van der Waals surface area contributed by atoms with Gasteiger partial charge in [-0.15, -0.1) is 0 Å². The number of hydrogen-bond donors (Lipinski definition) is 1. The first kappa shape index (κ1) is 19.6. The van der Waals surface area contributed by atoms with E-state index < -0.39 is 23.5 Å². The molecule has 2 aromatic heterocycles. The molecule has 0 amide bonds. The van der Waals surface area contributed by atoms with Crippen molar-refractivity contribution in [2.75, 3.05) is 7.11 Å². The molecule has 0 unspecified atom stereocenters. The molecule has 7 heteroatoms. The van der Waals surface area contributed by atoms with Gasteiger partial charge in [0.25, 0.3) is 0 Å². The number of aliphatic hydroxyl groups is 1.